The highest BCUT2D eigenvalue weighted by Gasteiger charge is 2.26. The van der Waals surface area contributed by atoms with Gasteiger partial charge in [-0.15, -0.1) is 0 Å². The number of carbonyl (C=O) groups excluding carboxylic acids is 2. The molecule has 0 atom stereocenters. The highest BCUT2D eigenvalue weighted by atomic mass is 16.2. The molecule has 1 saturated carbocycles. The summed E-state index contributed by atoms with van der Waals surface area (Å²) in [7, 11) is 0. The molecule has 0 aromatic carbocycles. The molecule has 0 spiro atoms. The van der Waals surface area contributed by atoms with Crippen LogP contribution in [0.1, 0.15) is 51.9 Å². The maximum atomic E-state index is 12.1. The van der Waals surface area contributed by atoms with Crippen LogP contribution in [0.4, 0.5) is 4.79 Å². The molecule has 2 rings (SSSR count). The van der Waals surface area contributed by atoms with Gasteiger partial charge in [-0.1, -0.05) is 25.7 Å². The molecule has 5 nitrogen and oxygen atoms in total. The van der Waals surface area contributed by atoms with E-state index in [2.05, 4.69) is 10.6 Å². The van der Waals surface area contributed by atoms with Gasteiger partial charge in [-0.05, 0) is 32.1 Å². The van der Waals surface area contributed by atoms with E-state index in [-0.39, 0.29) is 17.9 Å². The van der Waals surface area contributed by atoms with Crippen molar-refractivity contribution in [1.82, 2.24) is 15.5 Å². The van der Waals surface area contributed by atoms with Crippen molar-refractivity contribution in [1.29, 1.82) is 0 Å². The average Bonchev–Trinajstić information content (AvgIpc) is 3.01. The van der Waals surface area contributed by atoms with Crippen molar-refractivity contribution < 1.29 is 9.59 Å². The van der Waals surface area contributed by atoms with Crippen LogP contribution in [-0.2, 0) is 4.79 Å². The summed E-state index contributed by atoms with van der Waals surface area (Å²) >= 11 is 0. The van der Waals surface area contributed by atoms with Crippen LogP contribution >= 0.6 is 0 Å². The van der Waals surface area contributed by atoms with Crippen molar-refractivity contribution in [2.24, 2.45) is 11.8 Å². The average molecular weight is 295 g/mol. The summed E-state index contributed by atoms with van der Waals surface area (Å²) in [6, 6.07) is 0.0438. The van der Waals surface area contributed by atoms with Gasteiger partial charge in [0.2, 0.25) is 5.91 Å². The normalized spacial score (nSPS) is 20.5. The lowest BCUT2D eigenvalue weighted by Crippen LogP contribution is -2.47. The number of amides is 3. The number of nitrogens with one attached hydrogen (secondary N) is 2. The number of rotatable bonds is 5. The van der Waals surface area contributed by atoms with Crippen molar-refractivity contribution >= 4 is 11.9 Å². The predicted octanol–water partition coefficient (Wildman–Crippen LogP) is 2.12. The second-order valence-electron chi connectivity index (χ2n) is 6.33. The Morgan fingerprint density at radius 3 is 2.33 bits per heavy atom. The first-order valence-electron chi connectivity index (χ1n) is 8.51. The summed E-state index contributed by atoms with van der Waals surface area (Å²) in [6.45, 7) is 4.79. The SMILES string of the molecule is CCNC(=O)C1CCN(C(=O)NCCC2CCCC2)CC1. The van der Waals surface area contributed by atoms with Crippen LogP contribution < -0.4 is 10.6 Å². The molecule has 0 radical (unpaired) electrons. The minimum Gasteiger partial charge on any atom is -0.356 e. The van der Waals surface area contributed by atoms with E-state index in [9.17, 15) is 9.59 Å². The van der Waals surface area contributed by atoms with Gasteiger partial charge in [-0.2, -0.15) is 0 Å². The van der Waals surface area contributed by atoms with Gasteiger partial charge in [-0.3, -0.25) is 4.79 Å². The molecule has 1 aliphatic heterocycles. The number of carbonyl (C=O) groups is 2. The van der Waals surface area contributed by atoms with Crippen molar-refractivity contribution in [2.75, 3.05) is 26.2 Å². The van der Waals surface area contributed by atoms with Crippen molar-refractivity contribution in [2.45, 2.75) is 51.9 Å². The highest BCUT2D eigenvalue weighted by molar-refractivity contribution is 5.79. The molecular weight excluding hydrogens is 266 g/mol. The molecule has 3 amide bonds. The molecular formula is C16H29N3O2. The first-order valence-corrected chi connectivity index (χ1v) is 8.51. The first-order chi connectivity index (χ1) is 10.2. The quantitative estimate of drug-likeness (QED) is 0.816. The van der Waals surface area contributed by atoms with Crippen molar-refractivity contribution in [3.63, 3.8) is 0 Å². The largest absolute Gasteiger partial charge is 0.356 e. The Morgan fingerprint density at radius 2 is 1.71 bits per heavy atom. The monoisotopic (exact) mass is 295 g/mol. The Morgan fingerprint density at radius 1 is 1.05 bits per heavy atom. The van der Waals surface area contributed by atoms with Gasteiger partial charge in [0.15, 0.2) is 0 Å². The zero-order valence-electron chi connectivity index (χ0n) is 13.2. The summed E-state index contributed by atoms with van der Waals surface area (Å²) in [5.41, 5.74) is 0. The fourth-order valence-corrected chi connectivity index (χ4v) is 3.46. The van der Waals surface area contributed by atoms with Gasteiger partial charge in [-0.25, -0.2) is 4.79 Å². The van der Waals surface area contributed by atoms with E-state index in [1.165, 1.54) is 25.7 Å². The zero-order valence-corrected chi connectivity index (χ0v) is 13.2. The zero-order chi connectivity index (χ0) is 15.1. The summed E-state index contributed by atoms with van der Waals surface area (Å²) < 4.78 is 0. The van der Waals surface area contributed by atoms with Crippen LogP contribution in [-0.4, -0.2) is 43.0 Å². The van der Waals surface area contributed by atoms with Crippen LogP contribution in [0, 0.1) is 11.8 Å². The molecule has 0 bridgehead atoms. The number of nitrogens with zero attached hydrogens (tertiary/aromatic N) is 1. The Balaban J connectivity index is 1.62. The number of hydrogen-bond donors (Lipinski definition) is 2. The summed E-state index contributed by atoms with van der Waals surface area (Å²) in [4.78, 5) is 25.7. The van der Waals surface area contributed by atoms with Crippen LogP contribution in [0.5, 0.6) is 0 Å². The number of hydrogen-bond acceptors (Lipinski definition) is 2. The lowest BCUT2D eigenvalue weighted by molar-refractivity contribution is -0.126. The third kappa shape index (κ3) is 4.90. The maximum absolute atomic E-state index is 12.1. The molecule has 5 heteroatoms. The number of urea groups is 1. The summed E-state index contributed by atoms with van der Waals surface area (Å²) in [5, 5.41) is 5.90. The Bertz CT molecular complexity index is 345. The van der Waals surface area contributed by atoms with Crippen LogP contribution in [0.2, 0.25) is 0 Å². The van der Waals surface area contributed by atoms with Gasteiger partial charge >= 0.3 is 6.03 Å². The van der Waals surface area contributed by atoms with Crippen molar-refractivity contribution in [3.8, 4) is 0 Å². The fraction of sp³-hybridized carbons (Fsp3) is 0.875. The first kappa shape index (κ1) is 16.1. The maximum Gasteiger partial charge on any atom is 0.317 e. The van der Waals surface area contributed by atoms with E-state index < -0.39 is 0 Å². The van der Waals surface area contributed by atoms with Gasteiger partial charge < -0.3 is 15.5 Å². The van der Waals surface area contributed by atoms with Gasteiger partial charge in [0.25, 0.3) is 0 Å². The molecule has 2 aliphatic rings. The molecule has 2 fully saturated rings. The molecule has 120 valence electrons. The van der Waals surface area contributed by atoms with E-state index in [0.717, 1.165) is 31.7 Å². The third-order valence-electron chi connectivity index (χ3n) is 4.81. The molecule has 1 aliphatic carbocycles. The van der Waals surface area contributed by atoms with E-state index in [1.54, 1.807) is 0 Å². The highest BCUT2D eigenvalue weighted by Crippen LogP contribution is 2.27. The minimum atomic E-state index is 0.0438. The lowest BCUT2D eigenvalue weighted by Gasteiger charge is -2.31. The third-order valence-corrected chi connectivity index (χ3v) is 4.81. The molecule has 1 heterocycles. The second kappa shape index (κ2) is 8.25. The van der Waals surface area contributed by atoms with Crippen LogP contribution in [0.3, 0.4) is 0 Å². The lowest BCUT2D eigenvalue weighted by atomic mass is 9.96. The molecule has 21 heavy (non-hydrogen) atoms. The number of likely N-dealkylation sites (tertiary alicyclic amines) is 1. The standard InChI is InChI=1S/C16H29N3O2/c1-2-17-15(20)14-8-11-19(12-9-14)16(21)18-10-7-13-5-3-4-6-13/h13-14H,2-12H2,1H3,(H,17,20)(H,18,21). The van der Waals surface area contributed by atoms with Crippen molar-refractivity contribution in [3.05, 3.63) is 0 Å². The summed E-state index contributed by atoms with van der Waals surface area (Å²) in [6.07, 6.45) is 8.03. The van der Waals surface area contributed by atoms with E-state index in [0.29, 0.717) is 19.6 Å². The Labute approximate surface area is 127 Å². The minimum absolute atomic E-state index is 0.0438. The van der Waals surface area contributed by atoms with Crippen LogP contribution in [0.15, 0.2) is 0 Å². The van der Waals surface area contributed by atoms with Gasteiger partial charge in [0.05, 0.1) is 0 Å². The van der Waals surface area contributed by atoms with E-state index in [4.69, 9.17) is 0 Å². The van der Waals surface area contributed by atoms with Gasteiger partial charge in [0, 0.05) is 32.1 Å². The molecule has 1 saturated heterocycles. The fourth-order valence-electron chi connectivity index (χ4n) is 3.46. The molecule has 0 aromatic rings. The second-order valence-corrected chi connectivity index (χ2v) is 6.33. The van der Waals surface area contributed by atoms with Gasteiger partial charge in [0.1, 0.15) is 0 Å². The number of piperidine rings is 1. The van der Waals surface area contributed by atoms with E-state index in [1.807, 2.05) is 11.8 Å². The molecule has 0 aromatic heterocycles. The Kier molecular flexibility index (Phi) is 6.33. The predicted molar refractivity (Wildman–Crippen MR) is 83.0 cm³/mol. The van der Waals surface area contributed by atoms with Crippen LogP contribution in [0.25, 0.3) is 0 Å². The topological polar surface area (TPSA) is 61.4 Å². The molecule has 0 unspecified atom stereocenters. The smallest absolute Gasteiger partial charge is 0.317 e. The van der Waals surface area contributed by atoms with E-state index >= 15 is 0 Å². The molecule has 2 N–H and O–H groups in total. The summed E-state index contributed by atoms with van der Waals surface area (Å²) in [5.74, 6) is 1.03. The Hall–Kier alpha value is -1.26.